The van der Waals surface area contributed by atoms with Crippen LogP contribution in [0.2, 0.25) is 0 Å². The lowest BCUT2D eigenvalue weighted by atomic mass is 9.80. The van der Waals surface area contributed by atoms with Crippen molar-refractivity contribution in [3.63, 3.8) is 0 Å². The Morgan fingerprint density at radius 2 is 1.87 bits per heavy atom. The van der Waals surface area contributed by atoms with Crippen molar-refractivity contribution >= 4 is 0 Å². The molecular formula is C13H18F2. The maximum Gasteiger partial charge on any atom is 0.129 e. The molecule has 0 radical (unpaired) electrons. The second kappa shape index (κ2) is 4.73. The summed E-state index contributed by atoms with van der Waals surface area (Å²) >= 11 is 0. The van der Waals surface area contributed by atoms with Gasteiger partial charge in [-0.1, -0.05) is 39.7 Å². The van der Waals surface area contributed by atoms with Gasteiger partial charge in [0.05, 0.1) is 0 Å². The standard InChI is InChI=1S/C13H18F2/c1-4-5-8-13(2,3)11-7-6-10(14)9-12(11)15/h6-7,9H,4-5,8H2,1-3H3. The third kappa shape index (κ3) is 3.01. The largest absolute Gasteiger partial charge is 0.207 e. The first-order chi connectivity index (χ1) is 6.97. The SMILES string of the molecule is CCCCC(C)(C)c1ccc(F)cc1F. The summed E-state index contributed by atoms with van der Waals surface area (Å²) in [6.07, 6.45) is 3.07. The molecule has 0 saturated heterocycles. The van der Waals surface area contributed by atoms with Crippen LogP contribution in [0.4, 0.5) is 8.78 Å². The fraction of sp³-hybridized carbons (Fsp3) is 0.538. The molecule has 84 valence electrons. The first kappa shape index (κ1) is 12.2. The van der Waals surface area contributed by atoms with Crippen molar-refractivity contribution in [3.8, 4) is 0 Å². The van der Waals surface area contributed by atoms with Gasteiger partial charge in [0.2, 0.25) is 0 Å². The van der Waals surface area contributed by atoms with Gasteiger partial charge in [-0.15, -0.1) is 0 Å². The fourth-order valence-corrected chi connectivity index (χ4v) is 1.79. The van der Waals surface area contributed by atoms with Gasteiger partial charge in [-0.3, -0.25) is 0 Å². The minimum atomic E-state index is -0.512. The molecule has 0 heterocycles. The van der Waals surface area contributed by atoms with E-state index in [1.807, 2.05) is 13.8 Å². The molecule has 0 nitrogen and oxygen atoms in total. The van der Waals surface area contributed by atoms with Crippen LogP contribution in [-0.4, -0.2) is 0 Å². The first-order valence-electron chi connectivity index (χ1n) is 5.43. The lowest BCUT2D eigenvalue weighted by molar-refractivity contribution is 0.430. The highest BCUT2D eigenvalue weighted by Gasteiger charge is 2.23. The van der Waals surface area contributed by atoms with E-state index in [-0.39, 0.29) is 5.41 Å². The van der Waals surface area contributed by atoms with Crippen molar-refractivity contribution in [2.45, 2.75) is 45.4 Å². The van der Waals surface area contributed by atoms with Crippen LogP contribution in [0.3, 0.4) is 0 Å². The molecule has 1 aromatic rings. The Bertz CT molecular complexity index is 329. The van der Waals surface area contributed by atoms with Crippen molar-refractivity contribution in [1.82, 2.24) is 0 Å². The van der Waals surface area contributed by atoms with E-state index in [0.29, 0.717) is 5.56 Å². The van der Waals surface area contributed by atoms with Crippen LogP contribution in [0.15, 0.2) is 18.2 Å². The molecule has 1 rings (SSSR count). The summed E-state index contributed by atoms with van der Waals surface area (Å²) in [6, 6.07) is 3.84. The molecule has 0 fully saturated rings. The van der Waals surface area contributed by atoms with E-state index in [9.17, 15) is 8.78 Å². The van der Waals surface area contributed by atoms with Gasteiger partial charge in [-0.2, -0.15) is 0 Å². The number of unbranched alkanes of at least 4 members (excludes halogenated alkanes) is 1. The van der Waals surface area contributed by atoms with E-state index in [2.05, 4.69) is 6.92 Å². The third-order valence-corrected chi connectivity index (χ3v) is 2.82. The van der Waals surface area contributed by atoms with Crippen molar-refractivity contribution in [2.75, 3.05) is 0 Å². The number of benzene rings is 1. The monoisotopic (exact) mass is 212 g/mol. The van der Waals surface area contributed by atoms with Crippen LogP contribution < -0.4 is 0 Å². The topological polar surface area (TPSA) is 0 Å². The Labute approximate surface area is 90.3 Å². The van der Waals surface area contributed by atoms with Crippen molar-refractivity contribution in [1.29, 1.82) is 0 Å². The molecule has 0 aromatic heterocycles. The maximum atomic E-state index is 13.5. The van der Waals surface area contributed by atoms with Gasteiger partial charge < -0.3 is 0 Å². The highest BCUT2D eigenvalue weighted by atomic mass is 19.1. The number of hydrogen-bond acceptors (Lipinski definition) is 0. The van der Waals surface area contributed by atoms with Crippen LogP contribution in [0.25, 0.3) is 0 Å². The molecule has 1 aromatic carbocycles. The summed E-state index contributed by atoms with van der Waals surface area (Å²) in [7, 11) is 0. The second-order valence-electron chi connectivity index (χ2n) is 4.61. The lowest BCUT2D eigenvalue weighted by Crippen LogP contribution is -2.18. The van der Waals surface area contributed by atoms with Gasteiger partial charge in [0.1, 0.15) is 11.6 Å². The van der Waals surface area contributed by atoms with Gasteiger partial charge in [0.15, 0.2) is 0 Å². The Morgan fingerprint density at radius 1 is 1.20 bits per heavy atom. The predicted octanol–water partition coefficient (Wildman–Crippen LogP) is 4.43. The van der Waals surface area contributed by atoms with Crippen LogP contribution in [0.1, 0.15) is 45.6 Å². The molecule has 0 N–H and O–H groups in total. The molecule has 0 amide bonds. The summed E-state index contributed by atoms with van der Waals surface area (Å²) in [5.41, 5.74) is 0.394. The summed E-state index contributed by atoms with van der Waals surface area (Å²) in [5.74, 6) is -0.946. The summed E-state index contributed by atoms with van der Waals surface area (Å²) in [5, 5.41) is 0. The molecule has 0 bridgehead atoms. The molecule has 0 spiro atoms. The highest BCUT2D eigenvalue weighted by Crippen LogP contribution is 2.31. The molecular weight excluding hydrogens is 194 g/mol. The van der Waals surface area contributed by atoms with E-state index in [1.165, 1.54) is 6.07 Å². The summed E-state index contributed by atoms with van der Waals surface area (Å²) in [4.78, 5) is 0. The van der Waals surface area contributed by atoms with Gasteiger partial charge in [-0.05, 0) is 23.5 Å². The highest BCUT2D eigenvalue weighted by molar-refractivity contribution is 5.26. The fourth-order valence-electron chi connectivity index (χ4n) is 1.79. The van der Waals surface area contributed by atoms with Crippen LogP contribution in [0.5, 0.6) is 0 Å². The van der Waals surface area contributed by atoms with Crippen LogP contribution in [-0.2, 0) is 5.41 Å². The Morgan fingerprint density at radius 3 is 2.40 bits per heavy atom. The number of hydrogen-bond donors (Lipinski definition) is 0. The zero-order valence-corrected chi connectivity index (χ0v) is 9.61. The minimum Gasteiger partial charge on any atom is -0.207 e. The van der Waals surface area contributed by atoms with Gasteiger partial charge >= 0.3 is 0 Å². The van der Waals surface area contributed by atoms with E-state index >= 15 is 0 Å². The predicted molar refractivity (Wildman–Crippen MR) is 58.9 cm³/mol. The third-order valence-electron chi connectivity index (χ3n) is 2.82. The second-order valence-corrected chi connectivity index (χ2v) is 4.61. The van der Waals surface area contributed by atoms with E-state index in [1.54, 1.807) is 6.07 Å². The van der Waals surface area contributed by atoms with Crippen molar-refractivity contribution in [2.24, 2.45) is 0 Å². The quantitative estimate of drug-likeness (QED) is 0.692. The number of halogens is 2. The first-order valence-corrected chi connectivity index (χ1v) is 5.43. The number of rotatable bonds is 4. The van der Waals surface area contributed by atoms with E-state index < -0.39 is 11.6 Å². The van der Waals surface area contributed by atoms with Gasteiger partial charge in [0, 0.05) is 6.07 Å². The normalized spacial score (nSPS) is 11.8. The maximum absolute atomic E-state index is 13.5. The molecule has 0 unspecified atom stereocenters. The average molecular weight is 212 g/mol. The summed E-state index contributed by atoms with van der Waals surface area (Å²) in [6.45, 7) is 6.11. The zero-order chi connectivity index (χ0) is 11.5. The van der Waals surface area contributed by atoms with Crippen LogP contribution in [0, 0.1) is 11.6 Å². The minimum absolute atomic E-state index is 0.214. The smallest absolute Gasteiger partial charge is 0.129 e. The molecule has 15 heavy (non-hydrogen) atoms. The Balaban J connectivity index is 2.93. The van der Waals surface area contributed by atoms with Gasteiger partial charge in [0.25, 0.3) is 0 Å². The zero-order valence-electron chi connectivity index (χ0n) is 9.61. The average Bonchev–Trinajstić information content (AvgIpc) is 2.14. The lowest BCUT2D eigenvalue weighted by Gasteiger charge is -2.25. The Kier molecular flexibility index (Phi) is 3.83. The van der Waals surface area contributed by atoms with Crippen molar-refractivity contribution in [3.05, 3.63) is 35.4 Å². The molecule has 0 atom stereocenters. The van der Waals surface area contributed by atoms with E-state index in [0.717, 1.165) is 25.3 Å². The molecule has 0 aliphatic heterocycles. The molecule has 0 saturated carbocycles. The molecule has 0 aliphatic carbocycles. The van der Waals surface area contributed by atoms with Crippen molar-refractivity contribution < 1.29 is 8.78 Å². The van der Waals surface area contributed by atoms with Crippen LogP contribution >= 0.6 is 0 Å². The Hall–Kier alpha value is -0.920. The molecule has 0 aliphatic rings. The summed E-state index contributed by atoms with van der Waals surface area (Å²) < 4.78 is 26.3. The van der Waals surface area contributed by atoms with Gasteiger partial charge in [-0.25, -0.2) is 8.78 Å². The van der Waals surface area contributed by atoms with E-state index in [4.69, 9.17) is 0 Å². The molecule has 2 heteroatoms.